The van der Waals surface area contributed by atoms with Crippen molar-refractivity contribution in [3.63, 3.8) is 0 Å². The third-order valence-corrected chi connectivity index (χ3v) is 2.89. The van der Waals surface area contributed by atoms with E-state index in [-0.39, 0.29) is 28.2 Å². The first-order valence-corrected chi connectivity index (χ1v) is 6.20. The molecule has 0 fully saturated rings. The Kier molecular flexibility index (Phi) is 5.75. The number of amides is 1. The number of aromatic hydroxyl groups is 1. The molecule has 0 aliphatic heterocycles. The van der Waals surface area contributed by atoms with Gasteiger partial charge in [0.2, 0.25) is 0 Å². The summed E-state index contributed by atoms with van der Waals surface area (Å²) in [5.41, 5.74) is 7.84. The van der Waals surface area contributed by atoms with Crippen LogP contribution in [0.25, 0.3) is 0 Å². The summed E-state index contributed by atoms with van der Waals surface area (Å²) >= 11 is 0. The van der Waals surface area contributed by atoms with E-state index in [0.717, 1.165) is 5.56 Å². The fraction of sp³-hybridized carbons (Fsp3) is 0.0625. The maximum atomic E-state index is 12.3. The van der Waals surface area contributed by atoms with E-state index in [2.05, 4.69) is 11.9 Å². The summed E-state index contributed by atoms with van der Waals surface area (Å²) in [4.78, 5) is 12.3. The molecule has 106 valence electrons. The van der Waals surface area contributed by atoms with Gasteiger partial charge in [-0.2, -0.15) is 0 Å². The van der Waals surface area contributed by atoms with Crippen LogP contribution in [0, 0.1) is 0 Å². The van der Waals surface area contributed by atoms with Crippen LogP contribution in [0.4, 0.5) is 11.4 Å². The van der Waals surface area contributed by atoms with E-state index in [1.165, 1.54) is 6.07 Å². The third kappa shape index (κ3) is 3.96. The van der Waals surface area contributed by atoms with E-state index in [1.807, 2.05) is 0 Å². The molecule has 0 aliphatic carbocycles. The number of hydrogen-bond acceptors (Lipinski definition) is 3. The number of hydrogen-bond donors (Lipinski definition) is 3. The fourth-order valence-corrected chi connectivity index (χ4v) is 1.93. The lowest BCUT2D eigenvalue weighted by atomic mass is 10.0. The molecule has 2 aromatic rings. The van der Waals surface area contributed by atoms with Gasteiger partial charge in [-0.3, -0.25) is 4.79 Å². The number of nitrogen functional groups attached to an aromatic ring is 1. The van der Waals surface area contributed by atoms with Gasteiger partial charge >= 0.3 is 0 Å². The minimum absolute atomic E-state index is 0. The van der Waals surface area contributed by atoms with Gasteiger partial charge in [0.05, 0.1) is 5.56 Å². The second-order valence-corrected chi connectivity index (χ2v) is 4.38. The molecular formula is C16H16N2O2Si. The van der Waals surface area contributed by atoms with E-state index in [0.29, 0.717) is 17.8 Å². The second kappa shape index (κ2) is 7.30. The van der Waals surface area contributed by atoms with Crippen molar-refractivity contribution in [2.75, 3.05) is 11.1 Å². The van der Waals surface area contributed by atoms with Crippen LogP contribution >= 0.6 is 0 Å². The molecule has 4 nitrogen and oxygen atoms in total. The van der Waals surface area contributed by atoms with Crippen LogP contribution in [0.5, 0.6) is 5.75 Å². The van der Waals surface area contributed by atoms with E-state index in [4.69, 9.17) is 5.73 Å². The van der Waals surface area contributed by atoms with E-state index >= 15 is 0 Å². The highest BCUT2D eigenvalue weighted by molar-refractivity contribution is 6.07. The van der Waals surface area contributed by atoms with Gasteiger partial charge in [-0.05, 0) is 42.3 Å². The third-order valence-electron chi connectivity index (χ3n) is 2.89. The topological polar surface area (TPSA) is 75.3 Å². The van der Waals surface area contributed by atoms with E-state index in [1.54, 1.807) is 42.5 Å². The minimum atomic E-state index is -0.357. The average molecular weight is 296 g/mol. The van der Waals surface area contributed by atoms with Crippen molar-refractivity contribution in [1.29, 1.82) is 0 Å². The first-order valence-electron chi connectivity index (χ1n) is 6.20. The lowest BCUT2D eigenvalue weighted by Gasteiger charge is -2.11. The Morgan fingerprint density at radius 2 is 1.90 bits per heavy atom. The number of carbonyl (C=O) groups is 1. The molecule has 0 unspecified atom stereocenters. The van der Waals surface area contributed by atoms with Crippen molar-refractivity contribution >= 4 is 28.2 Å². The van der Waals surface area contributed by atoms with Crippen molar-refractivity contribution < 1.29 is 9.90 Å². The Labute approximate surface area is 128 Å². The zero-order valence-electron chi connectivity index (χ0n) is 11.5. The lowest BCUT2D eigenvalue weighted by Crippen LogP contribution is -2.14. The average Bonchev–Trinajstić information content (AvgIpc) is 2.42. The zero-order valence-corrected chi connectivity index (χ0v) is 12.5. The van der Waals surface area contributed by atoms with Crippen LogP contribution < -0.4 is 11.1 Å². The van der Waals surface area contributed by atoms with Crippen LogP contribution in [-0.2, 0) is 6.42 Å². The standard InChI is InChI=1S/C16H16N2O2.Si/c1-2-4-11-5-3-6-14(19)15(11)16(20)18-13-9-7-12(17)8-10-13;/h2-3,5-10,19H,1,4,17H2,(H,18,20);. The monoisotopic (exact) mass is 296 g/mol. The maximum Gasteiger partial charge on any atom is 0.259 e. The minimum Gasteiger partial charge on any atom is -0.507 e. The second-order valence-electron chi connectivity index (χ2n) is 4.38. The number of phenols is 1. The molecule has 4 radical (unpaired) electrons. The molecule has 1 amide bonds. The lowest BCUT2D eigenvalue weighted by molar-refractivity contribution is 0.102. The normalized spacial score (nSPS) is 9.52. The fourth-order valence-electron chi connectivity index (χ4n) is 1.93. The summed E-state index contributed by atoms with van der Waals surface area (Å²) < 4.78 is 0. The van der Waals surface area contributed by atoms with Gasteiger partial charge in [-0.25, -0.2) is 0 Å². The van der Waals surface area contributed by atoms with Crippen LogP contribution in [0.15, 0.2) is 55.1 Å². The van der Waals surface area contributed by atoms with Crippen molar-refractivity contribution in [2.24, 2.45) is 0 Å². The van der Waals surface area contributed by atoms with Crippen LogP contribution in [0.3, 0.4) is 0 Å². The van der Waals surface area contributed by atoms with Crippen molar-refractivity contribution in [3.05, 3.63) is 66.2 Å². The van der Waals surface area contributed by atoms with Crippen LogP contribution in [0.2, 0.25) is 0 Å². The molecule has 0 aliphatic rings. The van der Waals surface area contributed by atoms with E-state index in [9.17, 15) is 9.90 Å². The Hall–Kier alpha value is -2.53. The molecular weight excluding hydrogens is 280 g/mol. The number of phenolic OH excluding ortho intramolecular Hbond substituents is 1. The van der Waals surface area contributed by atoms with Gasteiger partial charge in [-0.15, -0.1) is 6.58 Å². The maximum absolute atomic E-state index is 12.3. The first-order chi connectivity index (χ1) is 9.61. The predicted molar refractivity (Wildman–Crippen MR) is 86.6 cm³/mol. The van der Waals surface area contributed by atoms with Gasteiger partial charge in [0, 0.05) is 22.3 Å². The summed E-state index contributed by atoms with van der Waals surface area (Å²) in [5.74, 6) is -0.401. The van der Waals surface area contributed by atoms with Crippen molar-refractivity contribution in [1.82, 2.24) is 0 Å². The molecule has 5 heteroatoms. The largest absolute Gasteiger partial charge is 0.507 e. The first kappa shape index (κ1) is 16.5. The Morgan fingerprint density at radius 1 is 1.24 bits per heavy atom. The molecule has 0 spiro atoms. The quantitative estimate of drug-likeness (QED) is 0.461. The molecule has 0 bridgehead atoms. The Balaban J connectivity index is 0.00000220. The highest BCUT2D eigenvalue weighted by Gasteiger charge is 2.15. The predicted octanol–water partition coefficient (Wildman–Crippen LogP) is 2.57. The van der Waals surface area contributed by atoms with Crippen LogP contribution in [0.1, 0.15) is 15.9 Å². The van der Waals surface area contributed by atoms with Gasteiger partial charge in [0.25, 0.3) is 5.91 Å². The van der Waals surface area contributed by atoms with Gasteiger partial charge in [0.1, 0.15) is 5.75 Å². The van der Waals surface area contributed by atoms with E-state index < -0.39 is 0 Å². The number of allylic oxidation sites excluding steroid dienone is 1. The molecule has 0 heterocycles. The molecule has 0 saturated carbocycles. The SMILES string of the molecule is C=CCc1cccc(O)c1C(=O)Nc1ccc(N)cc1.[Si]. The van der Waals surface area contributed by atoms with Gasteiger partial charge < -0.3 is 16.2 Å². The highest BCUT2D eigenvalue weighted by atomic mass is 28.1. The van der Waals surface area contributed by atoms with Crippen molar-refractivity contribution in [3.8, 4) is 5.75 Å². The van der Waals surface area contributed by atoms with Gasteiger partial charge in [0.15, 0.2) is 0 Å². The molecule has 0 atom stereocenters. The molecule has 4 N–H and O–H groups in total. The summed E-state index contributed by atoms with van der Waals surface area (Å²) in [5, 5.41) is 12.6. The molecule has 2 rings (SSSR count). The smallest absolute Gasteiger partial charge is 0.259 e. The molecule has 21 heavy (non-hydrogen) atoms. The summed E-state index contributed by atoms with van der Waals surface area (Å²) in [7, 11) is 0. The number of anilines is 2. The van der Waals surface area contributed by atoms with Crippen LogP contribution in [-0.4, -0.2) is 22.0 Å². The molecule has 0 aromatic heterocycles. The summed E-state index contributed by atoms with van der Waals surface area (Å²) in [6, 6.07) is 11.8. The number of nitrogens with two attached hydrogens (primary N) is 1. The molecule has 0 saturated heterocycles. The number of nitrogens with one attached hydrogen (secondary N) is 1. The highest BCUT2D eigenvalue weighted by Crippen LogP contribution is 2.23. The zero-order chi connectivity index (χ0) is 14.5. The van der Waals surface area contributed by atoms with Gasteiger partial charge in [-0.1, -0.05) is 18.2 Å². The summed E-state index contributed by atoms with van der Waals surface area (Å²) in [6.07, 6.45) is 2.20. The number of benzene rings is 2. The Morgan fingerprint density at radius 3 is 2.52 bits per heavy atom. The Bertz CT molecular complexity index is 639. The molecule has 2 aromatic carbocycles. The number of carbonyl (C=O) groups excluding carboxylic acids is 1. The van der Waals surface area contributed by atoms with Crippen molar-refractivity contribution in [2.45, 2.75) is 6.42 Å². The summed E-state index contributed by atoms with van der Waals surface area (Å²) in [6.45, 7) is 3.65. The number of rotatable bonds is 4.